The summed E-state index contributed by atoms with van der Waals surface area (Å²) in [6.07, 6.45) is 0. The van der Waals surface area contributed by atoms with Gasteiger partial charge < -0.3 is 4.90 Å². The van der Waals surface area contributed by atoms with E-state index in [4.69, 9.17) is 0 Å². The maximum atomic E-state index is 14.0. The number of hydrogen-bond donors (Lipinski definition) is 0. The fourth-order valence-electron chi connectivity index (χ4n) is 4.61. The monoisotopic (exact) mass is 432 g/mol. The first-order valence-corrected chi connectivity index (χ1v) is 11.1. The summed E-state index contributed by atoms with van der Waals surface area (Å²) < 4.78 is 13.8. The van der Waals surface area contributed by atoms with Crippen molar-refractivity contribution < 1.29 is 14.0 Å². The summed E-state index contributed by atoms with van der Waals surface area (Å²) in [4.78, 5) is 29.3. The molecule has 0 aromatic heterocycles. The number of thioether (sulfide) groups is 1. The molecule has 1 fully saturated rings. The van der Waals surface area contributed by atoms with Gasteiger partial charge in [0.25, 0.3) is 5.91 Å². The van der Waals surface area contributed by atoms with Crippen LogP contribution in [0.2, 0.25) is 0 Å². The van der Waals surface area contributed by atoms with Crippen LogP contribution in [0.15, 0.2) is 66.7 Å². The predicted molar refractivity (Wildman–Crippen MR) is 122 cm³/mol. The smallest absolute Gasteiger partial charge is 0.269 e. The van der Waals surface area contributed by atoms with Crippen LogP contribution in [0.5, 0.6) is 0 Å². The van der Waals surface area contributed by atoms with Gasteiger partial charge in [-0.1, -0.05) is 36.4 Å². The Kier molecular flexibility index (Phi) is 4.63. The summed E-state index contributed by atoms with van der Waals surface area (Å²) in [6, 6.07) is 19.8. The molecule has 0 saturated carbocycles. The molecule has 0 bridgehead atoms. The van der Waals surface area contributed by atoms with Crippen molar-refractivity contribution in [3.8, 4) is 0 Å². The second-order valence-corrected chi connectivity index (χ2v) is 9.21. The van der Waals surface area contributed by atoms with Gasteiger partial charge in [-0.05, 0) is 60.9 Å². The Morgan fingerprint density at radius 3 is 2.45 bits per heavy atom. The van der Waals surface area contributed by atoms with Gasteiger partial charge in [0.05, 0.1) is 18.0 Å². The standard InChI is InChI=1S/C25H21FN2O2S/c1-16-10-17(2)12-20(11-16)28-23(29)15-31-25(28)21-8-3-4-9-22(21)27(24(25)30)14-18-6-5-7-19(26)13-18/h3-13H,14-15H2,1-2H3/t25-/m0/s1. The largest absolute Gasteiger partial charge is 0.304 e. The number of aryl methyl sites for hydroxylation is 2. The van der Waals surface area contributed by atoms with E-state index in [1.165, 1.54) is 23.9 Å². The molecule has 0 N–H and O–H groups in total. The first-order chi connectivity index (χ1) is 14.9. The van der Waals surface area contributed by atoms with E-state index in [1.807, 2.05) is 56.3 Å². The van der Waals surface area contributed by atoms with E-state index in [0.29, 0.717) is 5.56 Å². The molecule has 1 saturated heterocycles. The highest BCUT2D eigenvalue weighted by Gasteiger charge is 2.60. The Balaban J connectivity index is 1.66. The van der Waals surface area contributed by atoms with E-state index < -0.39 is 4.87 Å². The average molecular weight is 433 g/mol. The van der Waals surface area contributed by atoms with Crippen molar-refractivity contribution in [2.45, 2.75) is 25.3 Å². The van der Waals surface area contributed by atoms with Gasteiger partial charge in [-0.3, -0.25) is 14.5 Å². The molecule has 1 spiro atoms. The molecule has 0 aliphatic carbocycles. The van der Waals surface area contributed by atoms with Crippen molar-refractivity contribution in [3.63, 3.8) is 0 Å². The maximum absolute atomic E-state index is 14.0. The van der Waals surface area contributed by atoms with Gasteiger partial charge in [0.15, 0.2) is 0 Å². The minimum Gasteiger partial charge on any atom is -0.304 e. The fourth-order valence-corrected chi connectivity index (χ4v) is 5.97. The van der Waals surface area contributed by atoms with Gasteiger partial charge in [-0.25, -0.2) is 4.39 Å². The van der Waals surface area contributed by atoms with Gasteiger partial charge in [-0.2, -0.15) is 0 Å². The highest BCUT2D eigenvalue weighted by molar-refractivity contribution is 8.02. The number of rotatable bonds is 3. The van der Waals surface area contributed by atoms with Crippen LogP contribution in [-0.4, -0.2) is 17.6 Å². The van der Waals surface area contributed by atoms with Crippen LogP contribution >= 0.6 is 11.8 Å². The first-order valence-electron chi connectivity index (χ1n) is 10.1. The van der Waals surface area contributed by atoms with E-state index >= 15 is 0 Å². The molecule has 2 amide bonds. The van der Waals surface area contributed by atoms with E-state index in [0.717, 1.165) is 28.1 Å². The molecule has 6 heteroatoms. The van der Waals surface area contributed by atoms with E-state index in [1.54, 1.807) is 21.9 Å². The van der Waals surface area contributed by atoms with Crippen molar-refractivity contribution in [1.29, 1.82) is 0 Å². The summed E-state index contributed by atoms with van der Waals surface area (Å²) in [6.45, 7) is 4.21. The number of nitrogens with zero attached hydrogens (tertiary/aromatic N) is 2. The van der Waals surface area contributed by atoms with Crippen LogP contribution in [0.4, 0.5) is 15.8 Å². The van der Waals surface area contributed by atoms with E-state index in [-0.39, 0.29) is 29.9 Å². The summed E-state index contributed by atoms with van der Waals surface area (Å²) in [5.74, 6) is -0.380. The lowest BCUT2D eigenvalue weighted by Gasteiger charge is -2.33. The number of halogens is 1. The van der Waals surface area contributed by atoms with Gasteiger partial charge in [-0.15, -0.1) is 11.8 Å². The number of para-hydroxylation sites is 1. The van der Waals surface area contributed by atoms with Gasteiger partial charge in [0.1, 0.15) is 5.82 Å². The van der Waals surface area contributed by atoms with Crippen LogP contribution in [0, 0.1) is 19.7 Å². The van der Waals surface area contributed by atoms with Crippen LogP contribution < -0.4 is 9.80 Å². The van der Waals surface area contributed by atoms with Crippen molar-refractivity contribution in [3.05, 3.63) is 94.8 Å². The SMILES string of the molecule is Cc1cc(C)cc(N2C(=O)CS[C@@]23C(=O)N(Cc2cccc(F)c2)c2ccccc23)c1. The Labute approximate surface area is 184 Å². The lowest BCUT2D eigenvalue weighted by molar-refractivity contribution is -0.123. The lowest BCUT2D eigenvalue weighted by atomic mass is 10.0. The summed E-state index contributed by atoms with van der Waals surface area (Å²) in [5.41, 5.74) is 5.05. The molecule has 5 rings (SSSR count). The zero-order valence-electron chi connectivity index (χ0n) is 17.3. The molecule has 31 heavy (non-hydrogen) atoms. The first kappa shape index (κ1) is 19.8. The number of carbonyl (C=O) groups excluding carboxylic acids is 2. The second kappa shape index (κ2) is 7.24. The molecule has 156 valence electrons. The zero-order chi connectivity index (χ0) is 21.8. The van der Waals surface area contributed by atoms with Crippen molar-refractivity contribution in [2.24, 2.45) is 0 Å². The molecule has 4 nitrogen and oxygen atoms in total. The molecule has 2 aliphatic heterocycles. The van der Waals surface area contributed by atoms with Crippen LogP contribution in [0.3, 0.4) is 0 Å². The number of carbonyl (C=O) groups is 2. The minimum absolute atomic E-state index is 0.0919. The molecule has 3 aromatic rings. The quantitative estimate of drug-likeness (QED) is 0.590. The molecular formula is C25H21FN2O2S. The number of fused-ring (bicyclic) bond motifs is 2. The molecule has 2 aliphatic rings. The van der Waals surface area contributed by atoms with E-state index in [2.05, 4.69) is 0 Å². The number of hydrogen-bond acceptors (Lipinski definition) is 3. The summed E-state index contributed by atoms with van der Waals surface area (Å²) in [5, 5.41) is 0. The third-order valence-corrected chi connectivity index (χ3v) is 7.14. The third kappa shape index (κ3) is 3.05. The van der Waals surface area contributed by atoms with Gasteiger partial charge in [0.2, 0.25) is 10.8 Å². The normalized spacial score (nSPS) is 20.1. The Morgan fingerprint density at radius 1 is 0.968 bits per heavy atom. The minimum atomic E-state index is -1.15. The number of amides is 2. The molecule has 0 unspecified atom stereocenters. The Morgan fingerprint density at radius 2 is 1.71 bits per heavy atom. The Bertz CT molecular complexity index is 1210. The van der Waals surface area contributed by atoms with E-state index in [9.17, 15) is 14.0 Å². The third-order valence-electron chi connectivity index (χ3n) is 5.76. The summed E-state index contributed by atoms with van der Waals surface area (Å²) in [7, 11) is 0. The van der Waals surface area contributed by atoms with Crippen LogP contribution in [0.1, 0.15) is 22.3 Å². The van der Waals surface area contributed by atoms with Crippen molar-refractivity contribution >= 4 is 35.0 Å². The molecule has 1 atom stereocenters. The lowest BCUT2D eigenvalue weighted by Crippen LogP contribution is -2.49. The average Bonchev–Trinajstić information content (AvgIpc) is 3.19. The highest BCUT2D eigenvalue weighted by Crippen LogP contribution is 2.56. The van der Waals surface area contributed by atoms with Crippen LogP contribution in [-0.2, 0) is 21.0 Å². The fraction of sp³-hybridized carbons (Fsp3) is 0.200. The molecule has 0 radical (unpaired) electrons. The predicted octanol–water partition coefficient (Wildman–Crippen LogP) is 4.92. The van der Waals surface area contributed by atoms with Crippen molar-refractivity contribution in [2.75, 3.05) is 15.6 Å². The molecule has 3 aromatic carbocycles. The highest BCUT2D eigenvalue weighted by atomic mass is 32.2. The van der Waals surface area contributed by atoms with Gasteiger partial charge in [0, 0.05) is 11.3 Å². The Hall–Kier alpha value is -3.12. The molecule has 2 heterocycles. The van der Waals surface area contributed by atoms with Crippen molar-refractivity contribution in [1.82, 2.24) is 0 Å². The van der Waals surface area contributed by atoms with Gasteiger partial charge >= 0.3 is 0 Å². The number of anilines is 2. The number of benzene rings is 3. The topological polar surface area (TPSA) is 40.6 Å². The summed E-state index contributed by atoms with van der Waals surface area (Å²) >= 11 is 1.35. The second-order valence-electron chi connectivity index (χ2n) is 8.05. The van der Waals surface area contributed by atoms with Crippen LogP contribution in [0.25, 0.3) is 0 Å². The zero-order valence-corrected chi connectivity index (χ0v) is 18.1. The molecular weight excluding hydrogens is 411 g/mol. The maximum Gasteiger partial charge on any atom is 0.269 e.